The number of fused-ring (bicyclic) bond motifs is 3. The smallest absolute Gasteiger partial charge is 0.227 e. The van der Waals surface area contributed by atoms with Crippen LogP contribution in [-0.4, -0.2) is 21.0 Å². The van der Waals surface area contributed by atoms with E-state index in [-0.39, 0.29) is 18.0 Å². The molecule has 8 heteroatoms. The molecule has 33 heavy (non-hydrogen) atoms. The maximum Gasteiger partial charge on any atom is 0.227 e. The molecule has 0 spiro atoms. The Morgan fingerprint density at radius 1 is 1.03 bits per heavy atom. The molecule has 3 heterocycles. The normalized spacial score (nSPS) is 18.6. The summed E-state index contributed by atoms with van der Waals surface area (Å²) in [6.07, 6.45) is 1.58. The maximum absolute atomic E-state index is 13.8. The van der Waals surface area contributed by atoms with Crippen molar-refractivity contribution >= 4 is 39.3 Å². The van der Waals surface area contributed by atoms with Gasteiger partial charge in [-0.05, 0) is 53.8 Å². The van der Waals surface area contributed by atoms with E-state index in [0.29, 0.717) is 11.1 Å². The minimum atomic E-state index is -0.370. The molecule has 0 aliphatic carbocycles. The van der Waals surface area contributed by atoms with E-state index in [1.54, 1.807) is 12.1 Å². The van der Waals surface area contributed by atoms with Gasteiger partial charge in [-0.1, -0.05) is 64.1 Å². The molecule has 0 saturated carbocycles. The molecule has 2 aliphatic rings. The Labute approximate surface area is 202 Å². The number of thioether (sulfide) groups is 1. The fourth-order valence-corrected chi connectivity index (χ4v) is 5.22. The number of halogens is 2. The van der Waals surface area contributed by atoms with Crippen LogP contribution in [-0.2, 0) is 0 Å². The van der Waals surface area contributed by atoms with Gasteiger partial charge in [-0.2, -0.15) is 4.98 Å². The highest BCUT2D eigenvalue weighted by atomic mass is 79.9. The minimum Gasteiger partial charge on any atom is -0.480 e. The predicted octanol–water partition coefficient (Wildman–Crippen LogP) is 6.46. The number of nitrogens with zero attached hydrogens (tertiary/aromatic N) is 3. The van der Waals surface area contributed by atoms with Crippen LogP contribution in [0.4, 0.5) is 10.3 Å². The summed E-state index contributed by atoms with van der Waals surface area (Å²) in [5.74, 6) is 1.17. The number of hydrogen-bond acceptors (Lipinski definition) is 5. The lowest BCUT2D eigenvalue weighted by molar-refractivity contribution is 0.223. The molecular formula is C25H18BrFN4OS. The Morgan fingerprint density at radius 2 is 1.85 bits per heavy atom. The number of anilines is 1. The number of aromatic nitrogens is 3. The van der Waals surface area contributed by atoms with E-state index in [9.17, 15) is 4.39 Å². The summed E-state index contributed by atoms with van der Waals surface area (Å²) in [4.78, 5) is 4.69. The monoisotopic (exact) mass is 520 g/mol. The molecule has 5 nitrogen and oxygen atoms in total. The summed E-state index contributed by atoms with van der Waals surface area (Å²) in [7, 11) is 0. The first kappa shape index (κ1) is 20.5. The van der Waals surface area contributed by atoms with E-state index >= 15 is 0 Å². The van der Waals surface area contributed by atoms with Gasteiger partial charge in [0, 0.05) is 15.6 Å². The first-order chi connectivity index (χ1) is 16.1. The highest BCUT2D eigenvalue weighted by molar-refractivity contribution is 9.10. The Balaban J connectivity index is 1.64. The van der Waals surface area contributed by atoms with Crippen molar-refractivity contribution < 1.29 is 9.13 Å². The third-order valence-corrected chi connectivity index (χ3v) is 6.91. The van der Waals surface area contributed by atoms with E-state index in [4.69, 9.17) is 9.84 Å². The number of benzene rings is 3. The topological polar surface area (TPSA) is 52.0 Å². The predicted molar refractivity (Wildman–Crippen MR) is 131 cm³/mol. The van der Waals surface area contributed by atoms with Crippen molar-refractivity contribution in [3.63, 3.8) is 0 Å². The molecule has 0 saturated heterocycles. The van der Waals surface area contributed by atoms with Crippen molar-refractivity contribution in [1.82, 2.24) is 14.8 Å². The molecule has 1 N–H and O–H groups in total. The molecule has 4 aromatic rings. The van der Waals surface area contributed by atoms with E-state index in [1.807, 2.05) is 47.3 Å². The fraction of sp³-hybridized carbons (Fsp3) is 0.120. The Kier molecular flexibility index (Phi) is 4.99. The number of nitrogens with one attached hydrogen (secondary N) is 1. The van der Waals surface area contributed by atoms with Crippen LogP contribution in [0.25, 0.3) is 5.70 Å². The quantitative estimate of drug-likeness (QED) is 0.314. The lowest BCUT2D eigenvalue weighted by Crippen LogP contribution is -2.32. The lowest BCUT2D eigenvalue weighted by Gasteiger charge is -2.39. The molecule has 6 rings (SSSR count). The van der Waals surface area contributed by atoms with Crippen molar-refractivity contribution in [3.05, 3.63) is 105 Å². The molecule has 2 atom stereocenters. The molecule has 0 unspecified atom stereocenters. The molecule has 0 amide bonds. The maximum atomic E-state index is 13.8. The third-order valence-electron chi connectivity index (χ3n) is 5.88. The molecule has 0 radical (unpaired) electrons. The number of rotatable bonds is 3. The Hall–Kier alpha value is -3.10. The van der Waals surface area contributed by atoms with Gasteiger partial charge >= 0.3 is 0 Å². The highest BCUT2D eigenvalue weighted by Crippen LogP contribution is 2.51. The van der Waals surface area contributed by atoms with Crippen LogP contribution in [0.5, 0.6) is 5.75 Å². The van der Waals surface area contributed by atoms with Gasteiger partial charge in [0.25, 0.3) is 0 Å². The molecule has 0 bridgehead atoms. The van der Waals surface area contributed by atoms with Crippen molar-refractivity contribution in [1.29, 1.82) is 0 Å². The number of para-hydroxylation sites is 1. The summed E-state index contributed by atoms with van der Waals surface area (Å²) in [5.41, 5.74) is 4.83. The molecular weight excluding hydrogens is 503 g/mol. The van der Waals surface area contributed by atoms with E-state index in [1.165, 1.54) is 23.9 Å². The molecule has 1 aromatic heterocycles. The zero-order valence-corrected chi connectivity index (χ0v) is 19.9. The molecule has 3 aromatic carbocycles. The van der Waals surface area contributed by atoms with Crippen LogP contribution >= 0.6 is 27.7 Å². The second-order valence-corrected chi connectivity index (χ2v) is 9.51. The van der Waals surface area contributed by atoms with Crippen LogP contribution in [0.1, 0.15) is 28.8 Å². The van der Waals surface area contributed by atoms with Crippen molar-refractivity contribution in [2.24, 2.45) is 0 Å². The van der Waals surface area contributed by atoms with Crippen LogP contribution < -0.4 is 10.1 Å². The van der Waals surface area contributed by atoms with Gasteiger partial charge < -0.3 is 10.1 Å². The van der Waals surface area contributed by atoms with E-state index in [2.05, 4.69) is 38.4 Å². The number of ether oxygens (including phenoxy) is 1. The minimum absolute atomic E-state index is 0.278. The molecule has 164 valence electrons. The summed E-state index contributed by atoms with van der Waals surface area (Å²) in [5, 5.41) is 8.95. The highest BCUT2D eigenvalue weighted by Gasteiger charge is 2.41. The number of hydrogen-bond donors (Lipinski definition) is 1. The first-order valence-electron chi connectivity index (χ1n) is 10.4. The average molecular weight is 521 g/mol. The zero-order valence-electron chi connectivity index (χ0n) is 17.5. The van der Waals surface area contributed by atoms with Crippen LogP contribution in [0, 0.1) is 5.82 Å². The van der Waals surface area contributed by atoms with Gasteiger partial charge in [0.05, 0.1) is 5.70 Å². The second-order valence-electron chi connectivity index (χ2n) is 7.83. The average Bonchev–Trinajstić information content (AvgIpc) is 3.26. The summed E-state index contributed by atoms with van der Waals surface area (Å²) in [6, 6.07) is 22.3. The Bertz CT molecular complexity index is 1400. The Morgan fingerprint density at radius 3 is 2.64 bits per heavy atom. The lowest BCUT2D eigenvalue weighted by atomic mass is 9.84. The largest absolute Gasteiger partial charge is 0.480 e. The SMILES string of the molecule is CSc1nc2n(n1)[C@@H](c1ccc(F)cc1)C1=C(N2)c2ccccc2O[C@H]1c1cccc(Br)c1. The zero-order chi connectivity index (χ0) is 22.5. The second kappa shape index (κ2) is 8.04. The van der Waals surface area contributed by atoms with Gasteiger partial charge in [0.15, 0.2) is 0 Å². The summed E-state index contributed by atoms with van der Waals surface area (Å²) < 4.78 is 23.3. The van der Waals surface area contributed by atoms with Gasteiger partial charge in [0.2, 0.25) is 11.1 Å². The van der Waals surface area contributed by atoms with E-state index in [0.717, 1.165) is 38.2 Å². The third kappa shape index (κ3) is 3.45. The van der Waals surface area contributed by atoms with Gasteiger partial charge in [0.1, 0.15) is 23.7 Å². The summed E-state index contributed by atoms with van der Waals surface area (Å²) in [6.45, 7) is 0. The van der Waals surface area contributed by atoms with Gasteiger partial charge in [-0.25, -0.2) is 9.07 Å². The van der Waals surface area contributed by atoms with Crippen LogP contribution in [0.15, 0.2) is 88.0 Å². The standard InChI is InChI=1S/C25H18BrFN4OS/c1-33-25-29-24-28-21-18-7-2-3-8-19(18)32-23(15-5-4-6-16(26)13-15)20(21)22(31(24)30-25)14-9-11-17(27)12-10-14/h2-13,22-23H,1H3,(H,28,29,30)/t22-,23-/m0/s1. The first-order valence-corrected chi connectivity index (χ1v) is 12.4. The van der Waals surface area contributed by atoms with Crippen molar-refractivity contribution in [2.45, 2.75) is 17.3 Å². The van der Waals surface area contributed by atoms with Gasteiger partial charge in [-0.3, -0.25) is 0 Å². The van der Waals surface area contributed by atoms with Crippen LogP contribution in [0.2, 0.25) is 0 Å². The van der Waals surface area contributed by atoms with E-state index < -0.39 is 0 Å². The van der Waals surface area contributed by atoms with Gasteiger partial charge in [-0.15, -0.1) is 5.10 Å². The van der Waals surface area contributed by atoms with Crippen molar-refractivity contribution in [2.75, 3.05) is 11.6 Å². The fourth-order valence-electron chi connectivity index (χ4n) is 4.45. The van der Waals surface area contributed by atoms with Crippen molar-refractivity contribution in [3.8, 4) is 5.75 Å². The summed E-state index contributed by atoms with van der Waals surface area (Å²) >= 11 is 5.08. The molecule has 0 fully saturated rings. The van der Waals surface area contributed by atoms with Crippen LogP contribution in [0.3, 0.4) is 0 Å². The molecule has 2 aliphatic heterocycles.